The standard InChI is InChI=1S/C11H16N2O4/c12-11-10(13-4-16-11)9-1-5-6(3-14)7(15)2-8(5)17-9/h4-9,14-15H,1-3,12H2/t5-,6-,7-,8+,9?/m1/s1. The molecule has 17 heavy (non-hydrogen) atoms. The van der Waals surface area contributed by atoms with Crippen LogP contribution >= 0.6 is 0 Å². The summed E-state index contributed by atoms with van der Waals surface area (Å²) >= 11 is 0. The number of nitrogen functional groups attached to an aromatic ring is 1. The van der Waals surface area contributed by atoms with Crippen LogP contribution in [0.4, 0.5) is 5.88 Å². The van der Waals surface area contributed by atoms with Crippen LogP contribution in [0.25, 0.3) is 0 Å². The van der Waals surface area contributed by atoms with Gasteiger partial charge in [-0.25, -0.2) is 4.98 Å². The lowest BCUT2D eigenvalue weighted by molar-refractivity contribution is 0.0241. The number of oxazole rings is 1. The lowest BCUT2D eigenvalue weighted by Crippen LogP contribution is -2.23. The number of aliphatic hydroxyl groups excluding tert-OH is 2. The fourth-order valence-corrected chi connectivity index (χ4v) is 3.08. The maximum Gasteiger partial charge on any atom is 0.216 e. The molecule has 0 radical (unpaired) electrons. The maximum atomic E-state index is 9.77. The van der Waals surface area contributed by atoms with Crippen LogP contribution in [-0.2, 0) is 4.74 Å². The summed E-state index contributed by atoms with van der Waals surface area (Å²) < 4.78 is 10.8. The van der Waals surface area contributed by atoms with Crippen LogP contribution in [0.2, 0.25) is 0 Å². The Morgan fingerprint density at radius 3 is 2.94 bits per heavy atom. The quantitative estimate of drug-likeness (QED) is 0.676. The van der Waals surface area contributed by atoms with Gasteiger partial charge in [0, 0.05) is 18.9 Å². The molecule has 0 spiro atoms. The topological polar surface area (TPSA) is 102 Å². The summed E-state index contributed by atoms with van der Waals surface area (Å²) in [5.41, 5.74) is 6.29. The number of ether oxygens (including phenoxy) is 1. The van der Waals surface area contributed by atoms with Crippen molar-refractivity contribution in [1.82, 2.24) is 4.98 Å². The second kappa shape index (κ2) is 3.97. The molecule has 2 heterocycles. The van der Waals surface area contributed by atoms with Gasteiger partial charge in [0.1, 0.15) is 11.8 Å². The van der Waals surface area contributed by atoms with Gasteiger partial charge in [0.25, 0.3) is 0 Å². The molecule has 2 fully saturated rings. The highest BCUT2D eigenvalue weighted by Gasteiger charge is 2.49. The Hall–Kier alpha value is -1.11. The Kier molecular flexibility index (Phi) is 2.57. The van der Waals surface area contributed by atoms with Crippen LogP contribution in [0, 0.1) is 11.8 Å². The molecule has 0 bridgehead atoms. The van der Waals surface area contributed by atoms with E-state index < -0.39 is 6.10 Å². The van der Waals surface area contributed by atoms with Crippen LogP contribution in [0.5, 0.6) is 0 Å². The minimum Gasteiger partial charge on any atom is -0.428 e. The van der Waals surface area contributed by atoms with Crippen molar-refractivity contribution in [2.75, 3.05) is 12.3 Å². The third-order valence-corrected chi connectivity index (χ3v) is 3.96. The average molecular weight is 240 g/mol. The van der Waals surface area contributed by atoms with Gasteiger partial charge in [-0.05, 0) is 12.3 Å². The van der Waals surface area contributed by atoms with Gasteiger partial charge in [0.2, 0.25) is 5.88 Å². The molecule has 1 aromatic heterocycles. The number of rotatable bonds is 2. The smallest absolute Gasteiger partial charge is 0.216 e. The summed E-state index contributed by atoms with van der Waals surface area (Å²) in [5.74, 6) is 0.366. The van der Waals surface area contributed by atoms with Crippen molar-refractivity contribution < 1.29 is 19.4 Å². The van der Waals surface area contributed by atoms with Gasteiger partial charge in [0.05, 0.1) is 12.2 Å². The zero-order valence-corrected chi connectivity index (χ0v) is 9.32. The first-order valence-electron chi connectivity index (χ1n) is 5.84. The number of anilines is 1. The Labute approximate surface area is 98.4 Å². The summed E-state index contributed by atoms with van der Waals surface area (Å²) in [6.45, 7) is -0.00723. The highest BCUT2D eigenvalue weighted by Crippen LogP contribution is 2.48. The summed E-state index contributed by atoms with van der Waals surface area (Å²) in [5, 5.41) is 19.0. The molecular weight excluding hydrogens is 224 g/mol. The molecule has 1 saturated heterocycles. The van der Waals surface area contributed by atoms with E-state index in [4.69, 9.17) is 14.9 Å². The van der Waals surface area contributed by atoms with Crippen molar-refractivity contribution >= 4 is 5.88 Å². The molecule has 1 aromatic rings. The number of nitrogens with zero attached hydrogens (tertiary/aromatic N) is 1. The first kappa shape index (κ1) is 11.0. The summed E-state index contributed by atoms with van der Waals surface area (Å²) in [4.78, 5) is 4.05. The van der Waals surface area contributed by atoms with E-state index in [1.165, 1.54) is 6.39 Å². The van der Waals surface area contributed by atoms with Gasteiger partial charge in [-0.3, -0.25) is 0 Å². The molecule has 94 valence electrons. The molecular formula is C11H16N2O4. The first-order valence-corrected chi connectivity index (χ1v) is 5.84. The van der Waals surface area contributed by atoms with Crippen molar-refractivity contribution in [3.8, 4) is 0 Å². The van der Waals surface area contributed by atoms with E-state index in [9.17, 15) is 10.2 Å². The van der Waals surface area contributed by atoms with Crippen molar-refractivity contribution in [2.24, 2.45) is 11.8 Å². The van der Waals surface area contributed by atoms with Crippen LogP contribution < -0.4 is 5.73 Å². The maximum absolute atomic E-state index is 9.77. The highest BCUT2D eigenvalue weighted by molar-refractivity contribution is 5.32. The molecule has 1 unspecified atom stereocenters. The largest absolute Gasteiger partial charge is 0.428 e. The second-order valence-corrected chi connectivity index (χ2v) is 4.81. The molecule has 1 saturated carbocycles. The van der Waals surface area contributed by atoms with E-state index in [1.54, 1.807) is 0 Å². The number of hydrogen-bond acceptors (Lipinski definition) is 6. The summed E-state index contributed by atoms with van der Waals surface area (Å²) in [6, 6.07) is 0. The average Bonchev–Trinajstić information content (AvgIpc) is 2.91. The molecule has 1 aliphatic carbocycles. The predicted molar refractivity (Wildman–Crippen MR) is 57.8 cm³/mol. The van der Waals surface area contributed by atoms with Crippen LogP contribution in [0.1, 0.15) is 24.6 Å². The zero-order chi connectivity index (χ0) is 12.0. The van der Waals surface area contributed by atoms with Crippen LogP contribution in [0.3, 0.4) is 0 Å². The SMILES string of the molecule is Nc1ocnc1C1C[C@@H]2[C@@H](CO)[C@H](O)C[C@@H]2O1. The molecule has 6 nitrogen and oxygen atoms in total. The zero-order valence-electron chi connectivity index (χ0n) is 9.32. The molecule has 3 rings (SSSR count). The minimum absolute atomic E-state index is 0.00723. The number of nitrogens with two attached hydrogens (primary N) is 1. The number of aromatic nitrogens is 1. The van der Waals surface area contributed by atoms with E-state index >= 15 is 0 Å². The van der Waals surface area contributed by atoms with Crippen LogP contribution in [-0.4, -0.2) is 34.0 Å². The van der Waals surface area contributed by atoms with Gasteiger partial charge < -0.3 is 25.1 Å². The van der Waals surface area contributed by atoms with E-state index in [0.717, 1.165) is 6.42 Å². The van der Waals surface area contributed by atoms with E-state index in [-0.39, 0.29) is 36.5 Å². The fourth-order valence-electron chi connectivity index (χ4n) is 3.08. The van der Waals surface area contributed by atoms with E-state index in [0.29, 0.717) is 12.1 Å². The molecule has 4 N–H and O–H groups in total. The van der Waals surface area contributed by atoms with Crippen LogP contribution in [0.15, 0.2) is 10.8 Å². The van der Waals surface area contributed by atoms with Gasteiger partial charge in [-0.15, -0.1) is 0 Å². The molecule has 0 aromatic carbocycles. The minimum atomic E-state index is -0.467. The van der Waals surface area contributed by atoms with Gasteiger partial charge in [-0.1, -0.05) is 0 Å². The van der Waals surface area contributed by atoms with Gasteiger partial charge in [-0.2, -0.15) is 0 Å². The molecule has 0 amide bonds. The van der Waals surface area contributed by atoms with Gasteiger partial charge in [0.15, 0.2) is 6.39 Å². The normalized spacial score (nSPS) is 40.7. The summed E-state index contributed by atoms with van der Waals surface area (Å²) in [6.07, 6.45) is 1.95. The Morgan fingerprint density at radius 2 is 2.29 bits per heavy atom. The molecule has 6 heteroatoms. The third-order valence-electron chi connectivity index (χ3n) is 3.96. The molecule has 1 aliphatic heterocycles. The van der Waals surface area contributed by atoms with Crippen molar-refractivity contribution in [3.63, 3.8) is 0 Å². The van der Waals surface area contributed by atoms with E-state index in [2.05, 4.69) is 4.98 Å². The Balaban J connectivity index is 1.77. The highest BCUT2D eigenvalue weighted by atomic mass is 16.5. The first-order chi connectivity index (χ1) is 8.20. The Morgan fingerprint density at radius 1 is 1.47 bits per heavy atom. The molecule has 5 atom stereocenters. The fraction of sp³-hybridized carbons (Fsp3) is 0.727. The van der Waals surface area contributed by atoms with Crippen molar-refractivity contribution in [1.29, 1.82) is 0 Å². The second-order valence-electron chi connectivity index (χ2n) is 4.81. The number of aliphatic hydroxyl groups is 2. The van der Waals surface area contributed by atoms with Gasteiger partial charge >= 0.3 is 0 Å². The van der Waals surface area contributed by atoms with Crippen molar-refractivity contribution in [3.05, 3.63) is 12.1 Å². The monoisotopic (exact) mass is 240 g/mol. The summed E-state index contributed by atoms with van der Waals surface area (Å²) in [7, 11) is 0. The lowest BCUT2D eigenvalue weighted by Gasteiger charge is -2.17. The van der Waals surface area contributed by atoms with E-state index in [1.807, 2.05) is 0 Å². The predicted octanol–water partition coefficient (Wildman–Crippen LogP) is 0.0761. The number of hydrogen-bond donors (Lipinski definition) is 3. The Bertz CT molecular complexity index is 408. The number of fused-ring (bicyclic) bond motifs is 1. The van der Waals surface area contributed by atoms with Crippen molar-refractivity contribution in [2.45, 2.75) is 31.2 Å². The third kappa shape index (κ3) is 1.64. The lowest BCUT2D eigenvalue weighted by atomic mass is 9.91. The molecule has 2 aliphatic rings.